The van der Waals surface area contributed by atoms with Gasteiger partial charge in [0, 0.05) is 93.8 Å². The van der Waals surface area contributed by atoms with Gasteiger partial charge in [-0.2, -0.15) is 0 Å². The smallest absolute Gasteiger partial charge is 0.404 e. The number of rotatable bonds is 15. The maximum Gasteiger partial charge on any atom is 0.404 e. The van der Waals surface area contributed by atoms with Gasteiger partial charge < -0.3 is 34.6 Å². The minimum atomic E-state index is -3.54. The monoisotopic (exact) mass is 803 g/mol. The lowest BCUT2D eigenvalue weighted by Gasteiger charge is -2.51. The number of piperidine rings is 1. The number of amides is 2. The summed E-state index contributed by atoms with van der Waals surface area (Å²) in [4.78, 5) is 37.7. The van der Waals surface area contributed by atoms with E-state index in [1.54, 1.807) is 35.2 Å². The van der Waals surface area contributed by atoms with Gasteiger partial charge in [0.05, 0.1) is 4.90 Å². The third-order valence-corrected chi connectivity index (χ3v) is 15.2. The van der Waals surface area contributed by atoms with Gasteiger partial charge >= 0.3 is 6.09 Å². The zero-order valence-electron chi connectivity index (χ0n) is 33.5. The topological polar surface area (TPSA) is 131 Å². The van der Waals surface area contributed by atoms with Crippen LogP contribution in [0.1, 0.15) is 50.4 Å². The molecule has 3 saturated heterocycles. The molecule has 2 aromatic carbocycles. The second-order valence-corrected chi connectivity index (χ2v) is 19.1. The average Bonchev–Trinajstić information content (AvgIpc) is 3.80. The van der Waals surface area contributed by atoms with Crippen molar-refractivity contribution >= 4 is 27.5 Å². The van der Waals surface area contributed by atoms with Gasteiger partial charge in [-0.1, -0.05) is 31.6 Å². The highest BCUT2D eigenvalue weighted by atomic mass is 32.2. The molecule has 3 aliphatic heterocycles. The Morgan fingerprint density at radius 2 is 1.77 bits per heavy atom. The van der Waals surface area contributed by atoms with Crippen molar-refractivity contribution in [2.24, 2.45) is 17.8 Å². The number of benzene rings is 2. The van der Waals surface area contributed by atoms with Crippen LogP contribution in [0.5, 0.6) is 0 Å². The number of imidazole rings is 1. The highest BCUT2D eigenvalue weighted by Crippen LogP contribution is 2.52. The molecule has 12 nitrogen and oxygen atoms in total. The van der Waals surface area contributed by atoms with E-state index < -0.39 is 26.6 Å². The number of aryl methyl sites for hydroxylation is 1. The van der Waals surface area contributed by atoms with E-state index in [4.69, 9.17) is 0 Å². The van der Waals surface area contributed by atoms with E-state index in [0.717, 1.165) is 88.3 Å². The number of hydrogen-bond donors (Lipinski definition) is 2. The average molecular weight is 804 g/mol. The van der Waals surface area contributed by atoms with E-state index in [1.807, 2.05) is 43.5 Å². The Morgan fingerprint density at radius 3 is 2.44 bits per heavy atom. The van der Waals surface area contributed by atoms with Gasteiger partial charge in [0.15, 0.2) is 9.84 Å². The van der Waals surface area contributed by atoms with Crippen LogP contribution in [0.2, 0.25) is 0 Å². The van der Waals surface area contributed by atoms with Gasteiger partial charge in [0.1, 0.15) is 16.9 Å². The molecule has 1 aromatic heterocycles. The second-order valence-electron chi connectivity index (χ2n) is 16.9. The minimum absolute atomic E-state index is 0.00807. The number of sulfone groups is 1. The standard InChI is InChI=1S/C43H58FN7O5S/c1-4-40-45-19-23-49(40)30-43(33-8-5-9-34(44)24-33,38-10-6-11-39(38)46-42(53)54)32-17-21-48(22-18-32)25-31-26-50(27-31)35-13-15-36(16-14-35)57(55,56)37-28-51(29-37)41(52)12-7-20-47(2)3/h5,7-9,12-16,19,23-24,31-32,37-39,46H,4,6,10-11,17-18,20-22,25-30H2,1-3H3,(H,53,54)/b12-7+/t38-,39-,43?/m0/s1. The lowest BCUT2D eigenvalue weighted by molar-refractivity contribution is -0.129. The molecule has 2 N–H and O–H groups in total. The van der Waals surface area contributed by atoms with Crippen molar-refractivity contribution in [1.29, 1.82) is 0 Å². The number of nitrogens with one attached hydrogen (secondary N) is 1. The highest BCUT2D eigenvalue weighted by molar-refractivity contribution is 7.92. The molecule has 2 amide bonds. The van der Waals surface area contributed by atoms with Gasteiger partial charge in [0.25, 0.3) is 0 Å². The quantitative estimate of drug-likeness (QED) is 0.206. The molecule has 1 unspecified atom stereocenters. The summed E-state index contributed by atoms with van der Waals surface area (Å²) in [7, 11) is 0.306. The molecule has 4 heterocycles. The summed E-state index contributed by atoms with van der Waals surface area (Å²) in [5, 5.41) is 12.1. The van der Waals surface area contributed by atoms with Crippen LogP contribution in [0.3, 0.4) is 0 Å². The maximum absolute atomic E-state index is 15.1. The van der Waals surface area contributed by atoms with Crippen molar-refractivity contribution in [3.63, 3.8) is 0 Å². The molecule has 0 radical (unpaired) electrons. The first-order valence-electron chi connectivity index (χ1n) is 20.5. The van der Waals surface area contributed by atoms with Crippen LogP contribution < -0.4 is 10.2 Å². The van der Waals surface area contributed by atoms with Crippen molar-refractivity contribution in [2.75, 3.05) is 71.4 Å². The van der Waals surface area contributed by atoms with Gasteiger partial charge in [0.2, 0.25) is 5.91 Å². The largest absolute Gasteiger partial charge is 0.465 e. The molecule has 3 atom stereocenters. The highest BCUT2D eigenvalue weighted by Gasteiger charge is 2.52. The fourth-order valence-electron chi connectivity index (χ4n) is 10.1. The fourth-order valence-corrected chi connectivity index (χ4v) is 11.7. The summed E-state index contributed by atoms with van der Waals surface area (Å²) >= 11 is 0. The van der Waals surface area contributed by atoms with Crippen LogP contribution in [0.15, 0.2) is 78.0 Å². The molecule has 3 aromatic rings. The van der Waals surface area contributed by atoms with Crippen LogP contribution in [-0.4, -0.2) is 128 Å². The number of halogens is 1. The molecular formula is C43H58FN7O5S. The lowest BCUT2D eigenvalue weighted by Crippen LogP contribution is -2.56. The van der Waals surface area contributed by atoms with Crippen molar-refractivity contribution in [2.45, 2.75) is 73.6 Å². The Morgan fingerprint density at radius 1 is 1.04 bits per heavy atom. The Hall–Kier alpha value is -4.27. The zero-order valence-corrected chi connectivity index (χ0v) is 34.3. The molecule has 0 spiro atoms. The van der Waals surface area contributed by atoms with E-state index >= 15 is 4.39 Å². The first-order chi connectivity index (χ1) is 27.4. The molecule has 1 saturated carbocycles. The summed E-state index contributed by atoms with van der Waals surface area (Å²) in [5.74, 6) is 1.25. The molecule has 7 rings (SSSR count). The number of likely N-dealkylation sites (N-methyl/N-ethyl adjacent to an activating group) is 1. The van der Waals surface area contributed by atoms with E-state index in [0.29, 0.717) is 23.9 Å². The van der Waals surface area contributed by atoms with Crippen LogP contribution in [0.4, 0.5) is 14.9 Å². The van der Waals surface area contributed by atoms with Gasteiger partial charge in [-0.3, -0.25) is 4.79 Å². The fraction of sp³-hybridized carbons (Fsp3) is 0.558. The minimum Gasteiger partial charge on any atom is -0.465 e. The van der Waals surface area contributed by atoms with Crippen molar-refractivity contribution in [3.05, 3.63) is 90.3 Å². The molecule has 4 fully saturated rings. The van der Waals surface area contributed by atoms with Crippen molar-refractivity contribution in [3.8, 4) is 0 Å². The first kappa shape index (κ1) is 40.9. The second kappa shape index (κ2) is 17.3. The number of nitrogens with zero attached hydrogens (tertiary/aromatic N) is 6. The van der Waals surface area contributed by atoms with Gasteiger partial charge in [-0.15, -0.1) is 0 Å². The number of aromatic nitrogens is 2. The van der Waals surface area contributed by atoms with Crippen LogP contribution >= 0.6 is 0 Å². The molecule has 14 heteroatoms. The predicted octanol–water partition coefficient (Wildman–Crippen LogP) is 4.91. The maximum atomic E-state index is 15.1. The van der Waals surface area contributed by atoms with Crippen molar-refractivity contribution in [1.82, 2.24) is 29.6 Å². The number of hydrogen-bond acceptors (Lipinski definition) is 8. The Balaban J connectivity index is 0.975. The predicted molar refractivity (Wildman–Crippen MR) is 219 cm³/mol. The summed E-state index contributed by atoms with van der Waals surface area (Å²) in [6.07, 6.45) is 11.3. The third kappa shape index (κ3) is 8.78. The molecule has 0 bridgehead atoms. The zero-order chi connectivity index (χ0) is 40.3. The number of carbonyl (C=O) groups is 2. The number of carboxylic acid groups (broad SMARTS) is 1. The van der Waals surface area contributed by atoms with E-state index in [2.05, 4.69) is 37.7 Å². The molecule has 4 aliphatic rings. The number of likely N-dealkylation sites (tertiary alicyclic amines) is 2. The summed E-state index contributed by atoms with van der Waals surface area (Å²) in [5.41, 5.74) is 1.46. The van der Waals surface area contributed by atoms with E-state index in [9.17, 15) is 23.1 Å². The third-order valence-electron chi connectivity index (χ3n) is 13.0. The Bertz CT molecular complexity index is 2000. The van der Waals surface area contributed by atoms with E-state index in [1.165, 1.54) is 12.1 Å². The SMILES string of the molecule is CCc1nccn1CC(c1cccc(F)c1)(C1CCN(CC2CN(c3ccc(S(=O)(=O)C4CN(C(=O)/C=C/CN(C)C)C4)cc3)C2)CC1)[C@H]1CCC[C@@H]1NC(=O)O. The molecular weight excluding hydrogens is 746 g/mol. The van der Waals surface area contributed by atoms with Crippen molar-refractivity contribution < 1.29 is 27.5 Å². The van der Waals surface area contributed by atoms with Crippen LogP contribution in [0.25, 0.3) is 0 Å². The Kier molecular flexibility index (Phi) is 12.4. The van der Waals surface area contributed by atoms with Crippen LogP contribution in [-0.2, 0) is 33.0 Å². The number of anilines is 1. The van der Waals surface area contributed by atoms with Gasteiger partial charge in [-0.05, 0) is 107 Å². The molecule has 57 heavy (non-hydrogen) atoms. The normalized spacial score (nSPS) is 22.5. The summed E-state index contributed by atoms with van der Waals surface area (Å²) in [6, 6.07) is 14.0. The summed E-state index contributed by atoms with van der Waals surface area (Å²) < 4.78 is 44.0. The number of carbonyl (C=O) groups excluding carboxylic acids is 1. The summed E-state index contributed by atoms with van der Waals surface area (Å²) in [6.45, 7) is 8.36. The Labute approximate surface area is 336 Å². The molecule has 308 valence electrons. The lowest BCUT2D eigenvalue weighted by atomic mass is 9.58. The van der Waals surface area contributed by atoms with Crippen LogP contribution in [0, 0.1) is 23.6 Å². The van der Waals surface area contributed by atoms with E-state index in [-0.39, 0.29) is 42.7 Å². The first-order valence-corrected chi connectivity index (χ1v) is 22.1. The van der Waals surface area contributed by atoms with Gasteiger partial charge in [-0.25, -0.2) is 22.6 Å². The molecule has 1 aliphatic carbocycles.